The van der Waals surface area contributed by atoms with Gasteiger partial charge in [0.05, 0.1) is 12.8 Å². The normalized spacial score (nSPS) is 10.8. The molecule has 0 saturated carbocycles. The number of benzene rings is 3. The average Bonchev–Trinajstić information content (AvgIpc) is 2.74. The Bertz CT molecular complexity index is 1070. The molecule has 0 aromatic heterocycles. The van der Waals surface area contributed by atoms with Crippen molar-refractivity contribution < 1.29 is 14.3 Å². The summed E-state index contributed by atoms with van der Waals surface area (Å²) in [5, 5.41) is 3.89. The largest absolute Gasteiger partial charge is 0.493 e. The average molecular weight is 507 g/mol. The second-order valence-electron chi connectivity index (χ2n) is 6.20. The van der Waals surface area contributed by atoms with Crippen LogP contribution in [0.4, 0.5) is 5.69 Å². The molecule has 0 unspecified atom stereocenters. The van der Waals surface area contributed by atoms with Crippen molar-refractivity contribution in [3.05, 3.63) is 92.4 Å². The Morgan fingerprint density at radius 2 is 1.77 bits per heavy atom. The topological polar surface area (TPSA) is 47.6 Å². The Hall–Kier alpha value is -2.47. The molecule has 0 bridgehead atoms. The van der Waals surface area contributed by atoms with Crippen molar-refractivity contribution in [3.63, 3.8) is 0 Å². The van der Waals surface area contributed by atoms with Crippen LogP contribution in [0.25, 0.3) is 6.08 Å². The summed E-state index contributed by atoms with van der Waals surface area (Å²) >= 11 is 15.8. The third kappa shape index (κ3) is 5.79. The summed E-state index contributed by atoms with van der Waals surface area (Å²) in [7, 11) is 1.55. The number of nitrogens with one attached hydrogen (secondary N) is 1. The lowest BCUT2D eigenvalue weighted by molar-refractivity contribution is -0.111. The highest BCUT2D eigenvalue weighted by Crippen LogP contribution is 2.31. The van der Waals surface area contributed by atoms with Gasteiger partial charge in [0.15, 0.2) is 11.5 Å². The van der Waals surface area contributed by atoms with E-state index in [1.807, 2.05) is 30.3 Å². The number of rotatable bonds is 7. The van der Waals surface area contributed by atoms with Crippen LogP contribution >= 0.6 is 39.1 Å². The smallest absolute Gasteiger partial charge is 0.248 e. The summed E-state index contributed by atoms with van der Waals surface area (Å²) in [4.78, 5) is 12.2. The minimum absolute atomic E-state index is 0.207. The van der Waals surface area contributed by atoms with Crippen molar-refractivity contribution >= 4 is 56.8 Å². The van der Waals surface area contributed by atoms with Gasteiger partial charge in [-0.2, -0.15) is 0 Å². The van der Waals surface area contributed by atoms with Crippen LogP contribution in [0.2, 0.25) is 10.0 Å². The van der Waals surface area contributed by atoms with Crippen LogP contribution in [-0.4, -0.2) is 13.0 Å². The predicted molar refractivity (Wildman–Crippen MR) is 126 cm³/mol. The third-order valence-electron chi connectivity index (χ3n) is 4.18. The third-order valence-corrected chi connectivity index (χ3v) is 5.58. The first kappa shape index (κ1) is 22.2. The van der Waals surface area contributed by atoms with Gasteiger partial charge in [-0.15, -0.1) is 0 Å². The molecule has 0 aliphatic rings. The molecule has 154 valence electrons. The molecule has 1 amide bonds. The SMILES string of the molecule is COc1cc(C=CC(=O)Nc2ccccc2Br)ccc1OCc1c(Cl)cccc1Cl. The van der Waals surface area contributed by atoms with Crippen LogP contribution in [0.15, 0.2) is 71.2 Å². The summed E-state index contributed by atoms with van der Waals surface area (Å²) in [5.74, 6) is 0.837. The van der Waals surface area contributed by atoms with E-state index in [-0.39, 0.29) is 12.5 Å². The molecule has 7 heteroatoms. The van der Waals surface area contributed by atoms with Crippen LogP contribution in [0.3, 0.4) is 0 Å². The fourth-order valence-corrected chi connectivity index (χ4v) is 3.53. The molecule has 0 saturated heterocycles. The van der Waals surface area contributed by atoms with Crippen molar-refractivity contribution in [1.82, 2.24) is 0 Å². The van der Waals surface area contributed by atoms with Crippen molar-refractivity contribution in [2.75, 3.05) is 12.4 Å². The van der Waals surface area contributed by atoms with E-state index in [0.29, 0.717) is 32.8 Å². The van der Waals surface area contributed by atoms with E-state index in [2.05, 4.69) is 21.2 Å². The molecule has 0 aliphatic heterocycles. The Labute approximate surface area is 193 Å². The highest BCUT2D eigenvalue weighted by Gasteiger charge is 2.10. The zero-order chi connectivity index (χ0) is 21.5. The Kier molecular flexibility index (Phi) is 7.80. The molecule has 3 rings (SSSR count). The molecule has 0 atom stereocenters. The molecule has 3 aromatic rings. The monoisotopic (exact) mass is 505 g/mol. The lowest BCUT2D eigenvalue weighted by Crippen LogP contribution is -2.08. The van der Waals surface area contributed by atoms with E-state index < -0.39 is 0 Å². The summed E-state index contributed by atoms with van der Waals surface area (Å²) in [6, 6.07) is 18.1. The maximum Gasteiger partial charge on any atom is 0.248 e. The van der Waals surface area contributed by atoms with Crippen molar-refractivity contribution in [1.29, 1.82) is 0 Å². The summed E-state index contributed by atoms with van der Waals surface area (Å²) < 4.78 is 12.1. The first-order chi connectivity index (χ1) is 14.5. The molecule has 1 N–H and O–H groups in total. The summed E-state index contributed by atoms with van der Waals surface area (Å²) in [6.07, 6.45) is 3.15. The highest BCUT2D eigenvalue weighted by atomic mass is 79.9. The molecule has 0 radical (unpaired) electrons. The Morgan fingerprint density at radius 1 is 1.03 bits per heavy atom. The van der Waals surface area contributed by atoms with Crippen LogP contribution in [0.5, 0.6) is 11.5 Å². The van der Waals surface area contributed by atoms with Crippen molar-refractivity contribution in [2.24, 2.45) is 0 Å². The van der Waals surface area contributed by atoms with E-state index in [1.165, 1.54) is 6.08 Å². The van der Waals surface area contributed by atoms with Gasteiger partial charge < -0.3 is 14.8 Å². The van der Waals surface area contributed by atoms with Crippen molar-refractivity contribution in [2.45, 2.75) is 6.61 Å². The van der Waals surface area contributed by atoms with Crippen molar-refractivity contribution in [3.8, 4) is 11.5 Å². The number of carbonyl (C=O) groups is 1. The number of amides is 1. The second kappa shape index (κ2) is 10.5. The number of hydrogen-bond acceptors (Lipinski definition) is 3. The predicted octanol–water partition coefficient (Wildman–Crippen LogP) is 7.00. The van der Waals surface area contributed by atoms with Gasteiger partial charge in [0.2, 0.25) is 5.91 Å². The number of halogens is 3. The standard InChI is InChI=1S/C23H18BrCl2NO3/c1-29-22-13-15(10-12-23(28)27-20-8-3-2-5-17(20)24)9-11-21(22)30-14-16-18(25)6-4-7-19(16)26/h2-13H,14H2,1H3,(H,27,28). The van der Waals surface area contributed by atoms with Gasteiger partial charge in [-0.3, -0.25) is 4.79 Å². The van der Waals surface area contributed by atoms with E-state index in [4.69, 9.17) is 32.7 Å². The molecular formula is C23H18BrCl2NO3. The maximum absolute atomic E-state index is 12.2. The lowest BCUT2D eigenvalue weighted by Gasteiger charge is -2.13. The Morgan fingerprint density at radius 3 is 2.47 bits per heavy atom. The number of methoxy groups -OCH3 is 1. The summed E-state index contributed by atoms with van der Waals surface area (Å²) in [5.41, 5.74) is 2.19. The quantitative estimate of drug-likeness (QED) is 0.351. The van der Waals surface area contributed by atoms with Gasteiger partial charge in [-0.1, -0.05) is 47.5 Å². The molecule has 4 nitrogen and oxygen atoms in total. The van der Waals surface area contributed by atoms with E-state index in [9.17, 15) is 4.79 Å². The van der Waals surface area contributed by atoms with Gasteiger partial charge in [0, 0.05) is 26.2 Å². The first-order valence-electron chi connectivity index (χ1n) is 8.95. The summed E-state index contributed by atoms with van der Waals surface area (Å²) in [6.45, 7) is 0.207. The first-order valence-corrected chi connectivity index (χ1v) is 10.5. The zero-order valence-corrected chi connectivity index (χ0v) is 19.1. The van der Waals surface area contributed by atoms with Crippen LogP contribution < -0.4 is 14.8 Å². The number of ether oxygens (including phenoxy) is 2. The van der Waals surface area contributed by atoms with Gasteiger partial charge in [0.1, 0.15) is 6.61 Å². The van der Waals surface area contributed by atoms with Gasteiger partial charge >= 0.3 is 0 Å². The van der Waals surface area contributed by atoms with E-state index in [1.54, 1.807) is 43.5 Å². The fourth-order valence-electron chi connectivity index (χ4n) is 2.64. The molecule has 3 aromatic carbocycles. The number of carbonyl (C=O) groups excluding carboxylic acids is 1. The molecule has 0 heterocycles. The molecule has 30 heavy (non-hydrogen) atoms. The maximum atomic E-state index is 12.2. The van der Waals surface area contributed by atoms with Gasteiger partial charge in [0.25, 0.3) is 0 Å². The van der Waals surface area contributed by atoms with Crippen LogP contribution in [0.1, 0.15) is 11.1 Å². The minimum atomic E-state index is -0.241. The Balaban J connectivity index is 1.68. The lowest BCUT2D eigenvalue weighted by atomic mass is 10.2. The molecule has 0 fully saturated rings. The zero-order valence-electron chi connectivity index (χ0n) is 16.0. The van der Waals surface area contributed by atoms with Gasteiger partial charge in [-0.25, -0.2) is 0 Å². The molecule has 0 spiro atoms. The molecular weight excluding hydrogens is 489 g/mol. The van der Waals surface area contributed by atoms with Crippen LogP contribution in [-0.2, 0) is 11.4 Å². The van der Waals surface area contributed by atoms with Crippen LogP contribution in [0, 0.1) is 0 Å². The number of anilines is 1. The fraction of sp³-hybridized carbons (Fsp3) is 0.0870. The number of hydrogen-bond donors (Lipinski definition) is 1. The van der Waals surface area contributed by atoms with E-state index in [0.717, 1.165) is 10.0 Å². The second-order valence-corrected chi connectivity index (χ2v) is 7.87. The highest BCUT2D eigenvalue weighted by molar-refractivity contribution is 9.10. The van der Waals surface area contributed by atoms with Gasteiger partial charge in [-0.05, 0) is 64.0 Å². The minimum Gasteiger partial charge on any atom is -0.493 e. The number of para-hydroxylation sites is 1. The molecule has 0 aliphatic carbocycles. The van der Waals surface area contributed by atoms with E-state index >= 15 is 0 Å².